The van der Waals surface area contributed by atoms with E-state index in [9.17, 15) is 9.65 Å². The highest BCUT2D eigenvalue weighted by atomic mass is 35.5. The smallest absolute Gasteiger partial charge is 0.244 e. The molecule has 1 aliphatic heterocycles. The number of nitrogens with two attached hydrogens (primary N) is 1. The number of ether oxygens (including phenoxy) is 3. The number of H-pyrrole nitrogens is 1. The maximum absolute atomic E-state index is 14.4. The van der Waals surface area contributed by atoms with Gasteiger partial charge in [0.2, 0.25) is 11.8 Å². The van der Waals surface area contributed by atoms with Crippen LogP contribution in [0.3, 0.4) is 0 Å². The molecular formula is C24H22ClFN4O3. The molecule has 0 fully saturated rings. The monoisotopic (exact) mass is 468 g/mol. The van der Waals surface area contributed by atoms with E-state index in [-0.39, 0.29) is 28.6 Å². The topological polar surface area (TPSA) is 106 Å². The van der Waals surface area contributed by atoms with E-state index in [0.717, 1.165) is 12.1 Å². The minimum Gasteiger partial charge on any atom is -0.493 e. The highest BCUT2D eigenvalue weighted by Crippen LogP contribution is 2.48. The number of allylic oxidation sites excluding steroid dienone is 1. The summed E-state index contributed by atoms with van der Waals surface area (Å²) in [4.78, 5) is 0. The molecule has 3 N–H and O–H groups in total. The van der Waals surface area contributed by atoms with Gasteiger partial charge in [0.15, 0.2) is 11.5 Å². The maximum atomic E-state index is 14.4. The van der Waals surface area contributed by atoms with Gasteiger partial charge in [-0.1, -0.05) is 43.1 Å². The zero-order chi connectivity index (χ0) is 23.5. The van der Waals surface area contributed by atoms with Crippen LogP contribution in [0.5, 0.6) is 17.4 Å². The Hall–Kier alpha value is -3.70. The molecule has 0 unspecified atom stereocenters. The zero-order valence-corrected chi connectivity index (χ0v) is 18.9. The van der Waals surface area contributed by atoms with E-state index in [0.29, 0.717) is 34.9 Å². The number of rotatable bonds is 7. The Labute approximate surface area is 195 Å². The van der Waals surface area contributed by atoms with E-state index in [1.54, 1.807) is 18.2 Å². The number of benzene rings is 2. The molecule has 1 atom stereocenters. The normalized spacial score (nSPS) is 14.9. The summed E-state index contributed by atoms with van der Waals surface area (Å²) < 4.78 is 31.6. The third-order valence-corrected chi connectivity index (χ3v) is 5.83. The molecule has 7 nitrogen and oxygen atoms in total. The van der Waals surface area contributed by atoms with Crippen LogP contribution in [0.25, 0.3) is 0 Å². The molecule has 3 aromatic rings. The summed E-state index contributed by atoms with van der Waals surface area (Å²) in [7, 11) is 1.51. The van der Waals surface area contributed by atoms with Crippen molar-refractivity contribution in [3.63, 3.8) is 0 Å². The number of halogens is 2. The Morgan fingerprint density at radius 1 is 1.30 bits per heavy atom. The van der Waals surface area contributed by atoms with Gasteiger partial charge in [-0.15, -0.1) is 5.10 Å². The van der Waals surface area contributed by atoms with Crippen LogP contribution in [0.1, 0.15) is 41.6 Å². The lowest BCUT2D eigenvalue weighted by Gasteiger charge is -2.26. The van der Waals surface area contributed by atoms with E-state index in [2.05, 4.69) is 16.3 Å². The van der Waals surface area contributed by atoms with Gasteiger partial charge in [-0.3, -0.25) is 5.10 Å². The Morgan fingerprint density at radius 3 is 2.79 bits per heavy atom. The summed E-state index contributed by atoms with van der Waals surface area (Å²) in [6, 6.07) is 11.9. The van der Waals surface area contributed by atoms with Gasteiger partial charge in [0.25, 0.3) is 0 Å². The second-order valence-electron chi connectivity index (χ2n) is 7.46. The predicted molar refractivity (Wildman–Crippen MR) is 121 cm³/mol. The molecule has 0 saturated heterocycles. The average Bonchev–Trinajstić information content (AvgIpc) is 3.20. The summed E-state index contributed by atoms with van der Waals surface area (Å²) in [5.41, 5.74) is 8.69. The molecule has 2 aromatic carbocycles. The number of aryl methyl sites for hydroxylation is 1. The van der Waals surface area contributed by atoms with Crippen molar-refractivity contribution in [3.05, 3.63) is 81.1 Å². The fourth-order valence-corrected chi connectivity index (χ4v) is 4.17. The average molecular weight is 469 g/mol. The standard InChI is InChI=1S/C24H22ClFN4O3/c1-3-6-18-21-20(14(11-27)23(28)33-24(21)30-29-18)13-7-4-10-19(31-2)22(13)32-12-15-16(25)8-5-9-17(15)26/h4-5,7-10,20H,3,6,12,28H2,1-2H3,(H,29,30)/t20-/m1/s1. The number of methoxy groups -OCH3 is 1. The first-order chi connectivity index (χ1) is 16.0. The summed E-state index contributed by atoms with van der Waals surface area (Å²) in [6.07, 6.45) is 1.56. The Balaban J connectivity index is 1.86. The zero-order valence-electron chi connectivity index (χ0n) is 18.1. The van der Waals surface area contributed by atoms with E-state index in [1.807, 2.05) is 13.0 Å². The molecule has 1 aliphatic rings. The maximum Gasteiger partial charge on any atom is 0.244 e. The van der Waals surface area contributed by atoms with Gasteiger partial charge in [0.1, 0.15) is 24.1 Å². The number of nitriles is 1. The minimum atomic E-state index is -0.611. The van der Waals surface area contributed by atoms with Gasteiger partial charge in [-0.25, -0.2) is 4.39 Å². The van der Waals surface area contributed by atoms with E-state index >= 15 is 0 Å². The first-order valence-electron chi connectivity index (χ1n) is 10.4. The number of nitrogens with zero attached hydrogens (tertiary/aromatic N) is 2. The molecule has 0 radical (unpaired) electrons. The third kappa shape index (κ3) is 4.08. The van der Waals surface area contributed by atoms with E-state index in [1.165, 1.54) is 19.2 Å². The highest BCUT2D eigenvalue weighted by molar-refractivity contribution is 6.31. The van der Waals surface area contributed by atoms with Crippen molar-refractivity contribution < 1.29 is 18.6 Å². The number of hydrogen-bond donors (Lipinski definition) is 2. The van der Waals surface area contributed by atoms with Crippen LogP contribution in [-0.2, 0) is 13.0 Å². The number of aromatic amines is 1. The second-order valence-corrected chi connectivity index (χ2v) is 7.87. The molecule has 1 aromatic heterocycles. The summed E-state index contributed by atoms with van der Waals surface area (Å²) in [5, 5.41) is 17.4. The minimum absolute atomic E-state index is 0.0320. The van der Waals surface area contributed by atoms with Crippen molar-refractivity contribution in [2.45, 2.75) is 32.3 Å². The Kier molecular flexibility index (Phi) is 6.43. The number of nitrogens with one attached hydrogen (secondary N) is 1. The van der Waals surface area contributed by atoms with Crippen molar-refractivity contribution in [1.82, 2.24) is 10.2 Å². The number of para-hydroxylation sites is 1. The van der Waals surface area contributed by atoms with Gasteiger partial charge in [-0.05, 0) is 24.6 Å². The van der Waals surface area contributed by atoms with Gasteiger partial charge < -0.3 is 19.9 Å². The van der Waals surface area contributed by atoms with Crippen LogP contribution >= 0.6 is 11.6 Å². The number of aromatic nitrogens is 2. The molecule has 0 amide bonds. The van der Waals surface area contributed by atoms with Gasteiger partial charge in [-0.2, -0.15) is 5.26 Å². The fraction of sp³-hybridized carbons (Fsp3) is 0.250. The molecule has 0 bridgehead atoms. The first-order valence-corrected chi connectivity index (χ1v) is 10.7. The van der Waals surface area contributed by atoms with Crippen molar-refractivity contribution in [3.8, 4) is 23.4 Å². The SMILES string of the molecule is CCCc1[nH]nc2c1[C@H](c1cccc(OC)c1OCc1c(F)cccc1Cl)C(C#N)=C(N)O2. The van der Waals surface area contributed by atoms with Crippen LogP contribution in [0, 0.1) is 17.1 Å². The van der Waals surface area contributed by atoms with Crippen LogP contribution in [0.2, 0.25) is 5.02 Å². The largest absolute Gasteiger partial charge is 0.493 e. The molecule has 0 saturated carbocycles. The van der Waals surface area contributed by atoms with Crippen molar-refractivity contribution in [1.29, 1.82) is 5.26 Å². The van der Waals surface area contributed by atoms with Gasteiger partial charge >= 0.3 is 0 Å². The molecule has 170 valence electrons. The highest BCUT2D eigenvalue weighted by Gasteiger charge is 2.37. The van der Waals surface area contributed by atoms with E-state index in [4.69, 9.17) is 31.5 Å². The predicted octanol–water partition coefficient (Wildman–Crippen LogP) is 4.96. The van der Waals surface area contributed by atoms with Gasteiger partial charge in [0.05, 0.1) is 23.6 Å². The van der Waals surface area contributed by atoms with Crippen LogP contribution in [0.4, 0.5) is 4.39 Å². The Morgan fingerprint density at radius 2 is 2.09 bits per heavy atom. The lowest BCUT2D eigenvalue weighted by molar-refractivity contribution is 0.275. The summed E-state index contributed by atoms with van der Waals surface area (Å²) in [6.45, 7) is 1.91. The van der Waals surface area contributed by atoms with Crippen LogP contribution < -0.4 is 19.9 Å². The lowest BCUT2D eigenvalue weighted by Crippen LogP contribution is -2.22. The van der Waals surface area contributed by atoms with Crippen LogP contribution in [0.15, 0.2) is 47.9 Å². The second kappa shape index (κ2) is 9.43. The van der Waals surface area contributed by atoms with Gasteiger partial charge in [0, 0.05) is 16.8 Å². The molecule has 0 spiro atoms. The molecule has 0 aliphatic carbocycles. The van der Waals surface area contributed by atoms with E-state index < -0.39 is 11.7 Å². The Bertz CT molecular complexity index is 1240. The quantitative estimate of drug-likeness (QED) is 0.507. The van der Waals surface area contributed by atoms with Crippen molar-refractivity contribution >= 4 is 11.6 Å². The number of fused-ring (bicyclic) bond motifs is 1. The first kappa shape index (κ1) is 22.5. The molecular weight excluding hydrogens is 447 g/mol. The number of hydrogen-bond acceptors (Lipinski definition) is 6. The van der Waals surface area contributed by atoms with Crippen molar-refractivity contribution in [2.24, 2.45) is 5.73 Å². The summed E-state index contributed by atoms with van der Waals surface area (Å²) in [5.74, 6) is -0.0402. The molecule has 4 rings (SSSR count). The lowest BCUT2D eigenvalue weighted by atomic mass is 9.83. The molecule has 2 heterocycles. The van der Waals surface area contributed by atoms with Crippen molar-refractivity contribution in [2.75, 3.05) is 7.11 Å². The fourth-order valence-electron chi connectivity index (χ4n) is 3.95. The van der Waals surface area contributed by atoms with Crippen LogP contribution in [-0.4, -0.2) is 17.3 Å². The molecule has 33 heavy (non-hydrogen) atoms. The third-order valence-electron chi connectivity index (χ3n) is 5.48. The summed E-state index contributed by atoms with van der Waals surface area (Å²) >= 11 is 6.18. The molecule has 9 heteroatoms.